The fourth-order valence-electron chi connectivity index (χ4n) is 3.19. The van der Waals surface area contributed by atoms with Crippen molar-refractivity contribution in [2.24, 2.45) is 0 Å². The summed E-state index contributed by atoms with van der Waals surface area (Å²) in [5.41, 5.74) is 1.65. The number of para-hydroxylation sites is 1. The smallest absolute Gasteiger partial charge is 0.322 e. The lowest BCUT2D eigenvalue weighted by atomic mass is 10.2. The van der Waals surface area contributed by atoms with Crippen LogP contribution in [0.4, 0.5) is 15.6 Å². The monoisotopic (exact) mass is 398 g/mol. The number of thiazole rings is 1. The molecule has 2 aromatic carbocycles. The van der Waals surface area contributed by atoms with Gasteiger partial charge in [0.05, 0.1) is 30.1 Å². The van der Waals surface area contributed by atoms with Crippen molar-refractivity contribution in [2.45, 2.75) is 0 Å². The standard InChI is InChI=1S/C20H22N4O3S/c1-26-14-7-8-15(17(13-14)27-2)21-19(25)23-9-11-24(12-10-23)20-22-16-5-3-4-6-18(16)28-20/h3-8,13H,9-12H2,1-2H3,(H,21,25). The second kappa shape index (κ2) is 7.93. The molecule has 1 aromatic heterocycles. The minimum absolute atomic E-state index is 0.132. The first-order valence-electron chi connectivity index (χ1n) is 9.06. The molecule has 0 radical (unpaired) electrons. The molecule has 0 bridgehead atoms. The maximum atomic E-state index is 12.7. The van der Waals surface area contributed by atoms with Crippen molar-refractivity contribution in [1.29, 1.82) is 0 Å². The van der Waals surface area contributed by atoms with Crippen LogP contribution < -0.4 is 19.7 Å². The van der Waals surface area contributed by atoms with Crippen LogP contribution in [0.3, 0.4) is 0 Å². The van der Waals surface area contributed by atoms with Crippen molar-refractivity contribution in [3.05, 3.63) is 42.5 Å². The quantitative estimate of drug-likeness (QED) is 0.726. The highest BCUT2D eigenvalue weighted by atomic mass is 32.1. The highest BCUT2D eigenvalue weighted by Gasteiger charge is 2.23. The molecule has 1 fully saturated rings. The lowest BCUT2D eigenvalue weighted by Crippen LogP contribution is -2.50. The first-order chi connectivity index (χ1) is 13.7. The molecule has 0 saturated carbocycles. The molecule has 1 saturated heterocycles. The van der Waals surface area contributed by atoms with Crippen LogP contribution in [0.2, 0.25) is 0 Å². The van der Waals surface area contributed by atoms with Crippen LogP contribution in [0.25, 0.3) is 10.2 Å². The van der Waals surface area contributed by atoms with E-state index in [0.29, 0.717) is 30.3 Å². The molecule has 1 aliphatic rings. The fourth-order valence-corrected chi connectivity index (χ4v) is 4.21. The second-order valence-electron chi connectivity index (χ2n) is 6.43. The topological polar surface area (TPSA) is 66.9 Å². The number of carbonyl (C=O) groups excluding carboxylic acids is 1. The predicted octanol–water partition coefficient (Wildman–Crippen LogP) is 3.67. The van der Waals surface area contributed by atoms with Crippen molar-refractivity contribution in [3.8, 4) is 11.5 Å². The Morgan fingerprint density at radius 3 is 2.57 bits per heavy atom. The van der Waals surface area contributed by atoms with Gasteiger partial charge in [0.25, 0.3) is 0 Å². The van der Waals surface area contributed by atoms with Crippen LogP contribution in [0.1, 0.15) is 0 Å². The summed E-state index contributed by atoms with van der Waals surface area (Å²) in [5.74, 6) is 1.25. The van der Waals surface area contributed by atoms with E-state index in [1.54, 1.807) is 43.8 Å². The normalized spacial score (nSPS) is 14.2. The zero-order valence-corrected chi connectivity index (χ0v) is 16.7. The summed E-state index contributed by atoms with van der Waals surface area (Å²) in [5, 5.41) is 3.95. The molecule has 0 aliphatic carbocycles. The minimum atomic E-state index is -0.132. The third kappa shape index (κ3) is 3.68. The van der Waals surface area contributed by atoms with Gasteiger partial charge in [-0.05, 0) is 24.3 Å². The average Bonchev–Trinajstić information content (AvgIpc) is 3.18. The van der Waals surface area contributed by atoms with Crippen molar-refractivity contribution in [2.75, 3.05) is 50.6 Å². The van der Waals surface area contributed by atoms with Gasteiger partial charge in [-0.2, -0.15) is 0 Å². The molecule has 4 rings (SSSR count). The van der Waals surface area contributed by atoms with Gasteiger partial charge in [-0.25, -0.2) is 9.78 Å². The predicted molar refractivity (Wildman–Crippen MR) is 112 cm³/mol. The summed E-state index contributed by atoms with van der Waals surface area (Å²) in [6.45, 7) is 2.79. The van der Waals surface area contributed by atoms with Crippen molar-refractivity contribution in [1.82, 2.24) is 9.88 Å². The van der Waals surface area contributed by atoms with Gasteiger partial charge in [0.1, 0.15) is 11.5 Å². The first kappa shape index (κ1) is 18.4. The number of anilines is 2. The SMILES string of the molecule is COc1ccc(NC(=O)N2CCN(c3nc4ccccc4s3)CC2)c(OC)c1. The van der Waals surface area contributed by atoms with E-state index < -0.39 is 0 Å². The number of piperazine rings is 1. The molecule has 28 heavy (non-hydrogen) atoms. The molecule has 146 valence electrons. The average molecular weight is 398 g/mol. The van der Waals surface area contributed by atoms with E-state index in [1.165, 1.54) is 4.70 Å². The first-order valence-corrected chi connectivity index (χ1v) is 9.88. The zero-order valence-electron chi connectivity index (χ0n) is 15.8. The van der Waals surface area contributed by atoms with Crippen LogP contribution in [0.5, 0.6) is 11.5 Å². The molecule has 2 heterocycles. The van der Waals surface area contributed by atoms with Gasteiger partial charge in [-0.3, -0.25) is 0 Å². The van der Waals surface area contributed by atoms with Crippen molar-refractivity contribution < 1.29 is 14.3 Å². The molecule has 1 N–H and O–H groups in total. The van der Waals surface area contributed by atoms with Crippen LogP contribution in [-0.4, -0.2) is 56.3 Å². The molecular formula is C20H22N4O3S. The van der Waals surface area contributed by atoms with Crippen molar-refractivity contribution >= 4 is 38.4 Å². The molecule has 0 unspecified atom stereocenters. The van der Waals surface area contributed by atoms with E-state index >= 15 is 0 Å². The van der Waals surface area contributed by atoms with E-state index in [0.717, 1.165) is 23.7 Å². The highest BCUT2D eigenvalue weighted by molar-refractivity contribution is 7.22. The number of amides is 2. The van der Waals surface area contributed by atoms with Gasteiger partial charge in [0.2, 0.25) is 0 Å². The van der Waals surface area contributed by atoms with E-state index in [2.05, 4.69) is 16.3 Å². The van der Waals surface area contributed by atoms with Gasteiger partial charge in [0, 0.05) is 32.2 Å². The Bertz CT molecular complexity index is 949. The highest BCUT2D eigenvalue weighted by Crippen LogP contribution is 2.30. The van der Waals surface area contributed by atoms with Gasteiger partial charge in [0.15, 0.2) is 5.13 Å². The third-order valence-electron chi connectivity index (χ3n) is 4.77. The molecule has 1 aliphatic heterocycles. The summed E-state index contributed by atoms with van der Waals surface area (Å²) in [6.07, 6.45) is 0. The van der Waals surface area contributed by atoms with Crippen LogP contribution in [0.15, 0.2) is 42.5 Å². The molecular weight excluding hydrogens is 376 g/mol. The molecule has 0 spiro atoms. The number of carbonyl (C=O) groups is 1. The van der Waals surface area contributed by atoms with Crippen LogP contribution >= 0.6 is 11.3 Å². The summed E-state index contributed by atoms with van der Waals surface area (Å²) in [7, 11) is 3.17. The number of fused-ring (bicyclic) bond motifs is 1. The number of rotatable bonds is 4. The number of hydrogen-bond acceptors (Lipinski definition) is 6. The number of methoxy groups -OCH3 is 2. The number of nitrogens with zero attached hydrogens (tertiary/aromatic N) is 3. The van der Waals surface area contributed by atoms with Crippen LogP contribution in [0, 0.1) is 0 Å². The Morgan fingerprint density at radius 1 is 1.07 bits per heavy atom. The number of ether oxygens (including phenoxy) is 2. The minimum Gasteiger partial charge on any atom is -0.497 e. The fraction of sp³-hybridized carbons (Fsp3) is 0.300. The zero-order chi connectivity index (χ0) is 19.5. The molecule has 7 nitrogen and oxygen atoms in total. The summed E-state index contributed by atoms with van der Waals surface area (Å²) < 4.78 is 11.7. The molecule has 0 atom stereocenters. The number of hydrogen-bond donors (Lipinski definition) is 1. The summed E-state index contributed by atoms with van der Waals surface area (Å²) >= 11 is 1.69. The van der Waals surface area contributed by atoms with E-state index in [9.17, 15) is 4.79 Å². The Balaban J connectivity index is 1.39. The maximum Gasteiger partial charge on any atom is 0.322 e. The number of aromatic nitrogens is 1. The van der Waals surface area contributed by atoms with Gasteiger partial charge in [-0.15, -0.1) is 0 Å². The second-order valence-corrected chi connectivity index (χ2v) is 7.44. The van der Waals surface area contributed by atoms with Gasteiger partial charge < -0.3 is 24.6 Å². The van der Waals surface area contributed by atoms with Gasteiger partial charge in [-0.1, -0.05) is 23.5 Å². The molecule has 2 amide bonds. The maximum absolute atomic E-state index is 12.7. The Kier molecular flexibility index (Phi) is 5.21. The largest absolute Gasteiger partial charge is 0.497 e. The van der Waals surface area contributed by atoms with E-state index in [4.69, 9.17) is 14.5 Å². The number of nitrogens with one attached hydrogen (secondary N) is 1. The number of benzene rings is 2. The molecule has 3 aromatic rings. The van der Waals surface area contributed by atoms with Gasteiger partial charge >= 0.3 is 6.03 Å². The molecule has 8 heteroatoms. The van der Waals surface area contributed by atoms with E-state index in [-0.39, 0.29) is 6.03 Å². The lowest BCUT2D eigenvalue weighted by Gasteiger charge is -2.34. The lowest BCUT2D eigenvalue weighted by molar-refractivity contribution is 0.208. The number of urea groups is 1. The Morgan fingerprint density at radius 2 is 1.86 bits per heavy atom. The van der Waals surface area contributed by atoms with E-state index in [1.807, 2.05) is 23.1 Å². The van der Waals surface area contributed by atoms with Crippen LogP contribution in [-0.2, 0) is 0 Å². The Hall–Kier alpha value is -3.00. The summed E-state index contributed by atoms with van der Waals surface area (Å²) in [4.78, 5) is 21.4. The Labute approximate surface area is 167 Å². The summed E-state index contributed by atoms with van der Waals surface area (Å²) in [6, 6.07) is 13.3. The third-order valence-corrected chi connectivity index (χ3v) is 5.87. The van der Waals surface area contributed by atoms with Crippen molar-refractivity contribution in [3.63, 3.8) is 0 Å².